The van der Waals surface area contributed by atoms with Crippen molar-refractivity contribution >= 4 is 23.1 Å². The van der Waals surface area contributed by atoms with Crippen LogP contribution in [0.15, 0.2) is 71.4 Å². The van der Waals surface area contributed by atoms with Crippen molar-refractivity contribution in [3.8, 4) is 11.5 Å². The van der Waals surface area contributed by atoms with Gasteiger partial charge >= 0.3 is 0 Å². The third-order valence-corrected chi connectivity index (χ3v) is 10.1. The van der Waals surface area contributed by atoms with E-state index in [1.807, 2.05) is 61.5 Å². The Morgan fingerprint density at radius 3 is 2.09 bits per heavy atom. The maximum Gasteiger partial charge on any atom is 0.184 e. The minimum atomic E-state index is -1.62. The maximum atomic E-state index is 15.2. The highest BCUT2D eigenvalue weighted by Gasteiger charge is 2.74. The monoisotopic (exact) mass is 602 g/mol. The van der Waals surface area contributed by atoms with E-state index in [0.717, 1.165) is 28.4 Å². The molecule has 0 saturated heterocycles. The first-order valence-electron chi connectivity index (χ1n) is 15.5. The third kappa shape index (κ3) is 6.00. The number of phenols is 2. The van der Waals surface area contributed by atoms with Gasteiger partial charge in [0.25, 0.3) is 0 Å². The van der Waals surface area contributed by atoms with E-state index in [-0.39, 0.29) is 42.4 Å². The van der Waals surface area contributed by atoms with Crippen molar-refractivity contribution in [3.63, 3.8) is 0 Å². The van der Waals surface area contributed by atoms with Crippen molar-refractivity contribution in [1.82, 2.24) is 0 Å². The number of benzene rings is 1. The van der Waals surface area contributed by atoms with Gasteiger partial charge in [0.1, 0.15) is 16.7 Å². The summed E-state index contributed by atoms with van der Waals surface area (Å²) in [5.41, 5.74) is -0.587. The van der Waals surface area contributed by atoms with Crippen molar-refractivity contribution in [3.05, 3.63) is 76.9 Å². The molecule has 6 heteroatoms. The number of aliphatic hydroxyl groups is 1. The summed E-state index contributed by atoms with van der Waals surface area (Å²) in [5.74, 6) is -3.61. The van der Waals surface area contributed by atoms with Gasteiger partial charge in [0, 0.05) is 5.56 Å². The minimum absolute atomic E-state index is 0.00886. The zero-order valence-corrected chi connectivity index (χ0v) is 27.8. The molecule has 0 amide bonds. The number of phenolic OH excluding ortho intramolecular Hbond substituents is 2. The van der Waals surface area contributed by atoms with Crippen LogP contribution in [0.25, 0.3) is 5.76 Å². The summed E-state index contributed by atoms with van der Waals surface area (Å²) in [4.78, 5) is 44.9. The van der Waals surface area contributed by atoms with Gasteiger partial charge < -0.3 is 15.3 Å². The Balaban J connectivity index is 2.45. The van der Waals surface area contributed by atoms with Crippen molar-refractivity contribution in [2.45, 2.75) is 93.9 Å². The number of carbonyl (C=O) groups excluding carboxylic acids is 3. The standard InChI is InChI=1S/C38H50O6/c1-22(2)11-13-27(25(7)8)20-37-21-28(15-12-23(3)4)36(9,10)38(35(37)44,18-17-24(5)6)34(43)31(33(37)42)32(41)26-14-16-29(39)30(40)19-26/h12,14,16-17,19,27-28,39-41H,1,7,11,13,15,18,20-21H2,2-6,8-10H3/t27-,28+,37-,38-/m1/s1. The largest absolute Gasteiger partial charge is 0.506 e. The number of hydrogen-bond acceptors (Lipinski definition) is 6. The molecule has 0 aromatic heterocycles. The minimum Gasteiger partial charge on any atom is -0.506 e. The van der Waals surface area contributed by atoms with Crippen LogP contribution in [0.5, 0.6) is 11.5 Å². The van der Waals surface area contributed by atoms with Gasteiger partial charge in [0.2, 0.25) is 0 Å². The summed E-state index contributed by atoms with van der Waals surface area (Å²) in [6, 6.07) is 3.64. The Bertz CT molecular complexity index is 1480. The van der Waals surface area contributed by atoms with Crippen LogP contribution in [0.1, 0.15) is 99.5 Å². The number of rotatable bonds is 11. The van der Waals surface area contributed by atoms with E-state index < -0.39 is 50.6 Å². The first-order valence-corrected chi connectivity index (χ1v) is 15.5. The molecule has 0 radical (unpaired) electrons. The lowest BCUT2D eigenvalue weighted by Gasteiger charge is -2.60. The molecule has 3 N–H and O–H groups in total. The van der Waals surface area contributed by atoms with E-state index in [9.17, 15) is 24.9 Å². The fourth-order valence-electron chi connectivity index (χ4n) is 7.19. The van der Waals surface area contributed by atoms with E-state index in [0.29, 0.717) is 19.3 Å². The summed E-state index contributed by atoms with van der Waals surface area (Å²) >= 11 is 0. The second-order valence-corrected chi connectivity index (χ2v) is 14.3. The Morgan fingerprint density at radius 1 is 0.955 bits per heavy atom. The topological polar surface area (TPSA) is 112 Å². The van der Waals surface area contributed by atoms with E-state index in [1.54, 1.807) is 0 Å². The highest BCUT2D eigenvalue weighted by atomic mass is 16.3. The van der Waals surface area contributed by atoms with Gasteiger partial charge in [0.15, 0.2) is 28.8 Å². The van der Waals surface area contributed by atoms with Gasteiger partial charge in [-0.3, -0.25) is 14.4 Å². The Morgan fingerprint density at radius 2 is 1.57 bits per heavy atom. The van der Waals surface area contributed by atoms with Gasteiger partial charge in [0.05, 0.1) is 5.41 Å². The smallest absolute Gasteiger partial charge is 0.184 e. The lowest BCUT2D eigenvalue weighted by Crippen LogP contribution is -2.69. The van der Waals surface area contributed by atoms with Crippen molar-refractivity contribution in [2.24, 2.45) is 28.1 Å². The maximum absolute atomic E-state index is 15.2. The molecular formula is C38H50O6. The number of hydrogen-bond donors (Lipinski definition) is 3. The van der Waals surface area contributed by atoms with Crippen LogP contribution in [0, 0.1) is 28.1 Å². The fraction of sp³-hybridized carbons (Fsp3) is 0.500. The number of allylic oxidation sites excluding steroid dienone is 7. The quantitative estimate of drug-likeness (QED) is 0.0583. The van der Waals surface area contributed by atoms with Crippen molar-refractivity contribution in [2.75, 3.05) is 0 Å². The van der Waals surface area contributed by atoms with Crippen LogP contribution >= 0.6 is 0 Å². The van der Waals surface area contributed by atoms with E-state index in [2.05, 4.69) is 19.2 Å². The zero-order chi connectivity index (χ0) is 33.4. The summed E-state index contributed by atoms with van der Waals surface area (Å²) in [7, 11) is 0. The summed E-state index contributed by atoms with van der Waals surface area (Å²) in [5, 5.41) is 31.7. The molecule has 238 valence electrons. The van der Waals surface area contributed by atoms with Crippen LogP contribution in [0.4, 0.5) is 0 Å². The number of carbonyl (C=O) groups is 3. The van der Waals surface area contributed by atoms with Crippen LogP contribution in [0.3, 0.4) is 0 Å². The number of Topliss-reactive ketones (excluding diaryl/α,β-unsaturated/α-hetero) is 3. The first-order chi connectivity index (χ1) is 20.3. The summed E-state index contributed by atoms with van der Waals surface area (Å²) < 4.78 is 0. The highest BCUT2D eigenvalue weighted by Crippen LogP contribution is 2.66. The zero-order valence-electron chi connectivity index (χ0n) is 27.8. The lowest BCUT2D eigenvalue weighted by atomic mass is 9.38. The lowest BCUT2D eigenvalue weighted by molar-refractivity contribution is -0.177. The predicted molar refractivity (Wildman–Crippen MR) is 176 cm³/mol. The Hall–Kier alpha value is -3.67. The molecule has 2 aliphatic carbocycles. The van der Waals surface area contributed by atoms with E-state index >= 15 is 4.79 Å². The summed E-state index contributed by atoms with van der Waals surface area (Å²) in [6.07, 6.45) is 6.46. The second-order valence-electron chi connectivity index (χ2n) is 14.3. The molecule has 2 fully saturated rings. The molecule has 44 heavy (non-hydrogen) atoms. The van der Waals surface area contributed by atoms with Gasteiger partial charge in [-0.25, -0.2) is 0 Å². The molecule has 0 heterocycles. The van der Waals surface area contributed by atoms with Crippen LogP contribution < -0.4 is 0 Å². The molecule has 0 spiro atoms. The number of fused-ring (bicyclic) bond motifs is 2. The summed E-state index contributed by atoms with van der Waals surface area (Å²) in [6.45, 7) is 23.8. The molecule has 2 aliphatic rings. The fourth-order valence-corrected chi connectivity index (χ4v) is 7.19. The molecule has 0 unspecified atom stereocenters. The van der Waals surface area contributed by atoms with E-state index in [4.69, 9.17) is 0 Å². The SMILES string of the molecule is C=C(C)CC[C@H](C[C@@]12C[C@H](CC=C(C)C)C(C)(C)[C@](CC=C(C)C)(C(=O)C(=C(O)c3ccc(O)c(O)c3)C1=O)C2=O)C(=C)C. The van der Waals surface area contributed by atoms with Crippen LogP contribution in [-0.4, -0.2) is 32.7 Å². The third-order valence-electron chi connectivity index (χ3n) is 10.1. The highest BCUT2D eigenvalue weighted by molar-refractivity contribution is 6.41. The average molecular weight is 603 g/mol. The number of aromatic hydroxyl groups is 2. The predicted octanol–water partition coefficient (Wildman–Crippen LogP) is 8.76. The van der Waals surface area contributed by atoms with Gasteiger partial charge in [-0.05, 0) is 116 Å². The average Bonchev–Trinajstić information content (AvgIpc) is 2.91. The molecule has 3 rings (SSSR count). The molecule has 4 atom stereocenters. The van der Waals surface area contributed by atoms with Gasteiger partial charge in [-0.15, -0.1) is 6.58 Å². The second kappa shape index (κ2) is 12.7. The number of ketones is 3. The normalized spacial score (nSPS) is 26.1. The van der Waals surface area contributed by atoms with Gasteiger partial charge in [-0.1, -0.05) is 54.9 Å². The van der Waals surface area contributed by atoms with Crippen molar-refractivity contribution in [1.29, 1.82) is 0 Å². The van der Waals surface area contributed by atoms with Crippen LogP contribution in [-0.2, 0) is 14.4 Å². The molecule has 0 aliphatic heterocycles. The van der Waals surface area contributed by atoms with Crippen LogP contribution in [0.2, 0.25) is 0 Å². The molecule has 1 aromatic rings. The molecule has 2 bridgehead atoms. The first kappa shape index (κ1) is 34.8. The molecule has 2 saturated carbocycles. The van der Waals surface area contributed by atoms with Crippen molar-refractivity contribution < 1.29 is 29.7 Å². The molecule has 6 nitrogen and oxygen atoms in total. The Labute approximate surface area is 263 Å². The van der Waals surface area contributed by atoms with E-state index in [1.165, 1.54) is 12.1 Å². The Kier molecular flexibility index (Phi) is 10.1. The molecular weight excluding hydrogens is 552 g/mol. The van der Waals surface area contributed by atoms with Gasteiger partial charge in [-0.2, -0.15) is 0 Å². The number of aliphatic hydroxyl groups excluding tert-OH is 1. The molecule has 1 aromatic carbocycles.